The molecule has 2 heteroatoms. The molecule has 288 valence electrons. The molecule has 0 fully saturated rings. The molecule has 0 radical (unpaired) electrons. The van der Waals surface area contributed by atoms with Gasteiger partial charge in [0.25, 0.3) is 0 Å². The van der Waals surface area contributed by atoms with Crippen LogP contribution in [0.25, 0.3) is 60.6 Å². The first kappa shape index (κ1) is 37.5. The molecule has 0 saturated carbocycles. The van der Waals surface area contributed by atoms with Crippen LogP contribution >= 0.6 is 0 Å². The zero-order valence-corrected chi connectivity index (χ0v) is 34.4. The Morgan fingerprint density at radius 1 is 0.690 bits per heavy atom. The number of fused-ring (bicyclic) bond motifs is 6. The number of para-hydroxylation sites is 2. The van der Waals surface area contributed by atoms with E-state index in [0.717, 1.165) is 34.8 Å². The standard InChI is InChI=1S/C56H53NO/c1-6-7-15-44(32-37(2)3)45-28-31-47(38(4)33-45)50(34-40-22-24-43(25-23-40)42-16-9-8-10-17-42)39(5)41-26-29-46(30-27-41)57-53-20-13-11-18-48(53)51-36-56-52(35-54(51)57)49-19-12-14-21-55(49)58-56/h7-33,35-39,47,50H,6,34H2,1-5H3. The number of aromatic nitrogens is 1. The Bertz CT molecular complexity index is 2840. The number of allylic oxidation sites excluding steroid dienone is 8. The Morgan fingerprint density at radius 3 is 2.14 bits per heavy atom. The molecule has 0 N–H and O–H groups in total. The summed E-state index contributed by atoms with van der Waals surface area (Å²) >= 11 is 0. The molecule has 9 rings (SSSR count). The lowest BCUT2D eigenvalue weighted by molar-refractivity contribution is 0.287. The van der Waals surface area contributed by atoms with Gasteiger partial charge in [-0.15, -0.1) is 0 Å². The normalized spacial score (nSPS) is 17.3. The lowest BCUT2D eigenvalue weighted by atomic mass is 9.69. The summed E-state index contributed by atoms with van der Waals surface area (Å²) < 4.78 is 8.77. The summed E-state index contributed by atoms with van der Waals surface area (Å²) in [5.74, 6) is 2.01. The fourth-order valence-electron chi connectivity index (χ4n) is 9.44. The first-order valence-electron chi connectivity index (χ1n) is 21.2. The van der Waals surface area contributed by atoms with Crippen LogP contribution in [0.1, 0.15) is 58.1 Å². The van der Waals surface area contributed by atoms with Crippen molar-refractivity contribution in [2.45, 2.75) is 53.4 Å². The van der Waals surface area contributed by atoms with Crippen LogP contribution in [0.2, 0.25) is 0 Å². The average Bonchev–Trinajstić information content (AvgIpc) is 3.78. The van der Waals surface area contributed by atoms with E-state index in [2.05, 4.69) is 209 Å². The molecule has 0 amide bonds. The SMILES string of the molecule is CCC=CC(=CC(C)C)C1=CC(C)C(C(Cc2ccc(-c3ccccc3)cc2)C(C)c2ccc(-n3c4ccccc4c4cc5oc6ccccc6c5cc43)cc2)C=C1. The Hall–Kier alpha value is -6.12. The summed E-state index contributed by atoms with van der Waals surface area (Å²) in [6.07, 6.45) is 16.5. The smallest absolute Gasteiger partial charge is 0.136 e. The van der Waals surface area contributed by atoms with E-state index in [1.807, 2.05) is 6.07 Å². The van der Waals surface area contributed by atoms with Gasteiger partial charge in [-0.05, 0) is 112 Å². The third-order valence-corrected chi connectivity index (χ3v) is 12.4. The van der Waals surface area contributed by atoms with Crippen molar-refractivity contribution >= 4 is 43.7 Å². The van der Waals surface area contributed by atoms with Gasteiger partial charge in [0.15, 0.2) is 0 Å². The monoisotopic (exact) mass is 755 g/mol. The quantitative estimate of drug-likeness (QED) is 0.120. The zero-order valence-electron chi connectivity index (χ0n) is 34.4. The van der Waals surface area contributed by atoms with Crippen LogP contribution in [0, 0.1) is 23.7 Å². The second kappa shape index (κ2) is 16.0. The number of benzene rings is 6. The fraction of sp³-hybridized carbons (Fsp3) is 0.214. The lowest BCUT2D eigenvalue weighted by Crippen LogP contribution is -2.27. The molecule has 0 spiro atoms. The van der Waals surface area contributed by atoms with Crippen LogP contribution in [-0.4, -0.2) is 4.57 Å². The van der Waals surface area contributed by atoms with Gasteiger partial charge in [-0.2, -0.15) is 0 Å². The zero-order chi connectivity index (χ0) is 39.8. The average molecular weight is 756 g/mol. The predicted octanol–water partition coefficient (Wildman–Crippen LogP) is 15.6. The highest BCUT2D eigenvalue weighted by Gasteiger charge is 2.32. The predicted molar refractivity (Wildman–Crippen MR) is 248 cm³/mol. The topological polar surface area (TPSA) is 18.1 Å². The van der Waals surface area contributed by atoms with E-state index in [1.165, 1.54) is 60.9 Å². The largest absolute Gasteiger partial charge is 0.456 e. The number of nitrogens with zero attached hydrogens (tertiary/aromatic N) is 1. The Morgan fingerprint density at radius 2 is 1.40 bits per heavy atom. The van der Waals surface area contributed by atoms with Crippen LogP contribution in [0.15, 0.2) is 192 Å². The van der Waals surface area contributed by atoms with E-state index in [0.29, 0.717) is 29.6 Å². The van der Waals surface area contributed by atoms with Crippen LogP contribution in [0.3, 0.4) is 0 Å². The molecule has 6 aromatic carbocycles. The lowest BCUT2D eigenvalue weighted by Gasteiger charge is -2.36. The van der Waals surface area contributed by atoms with E-state index in [-0.39, 0.29) is 0 Å². The third-order valence-electron chi connectivity index (χ3n) is 12.4. The maximum absolute atomic E-state index is 6.34. The van der Waals surface area contributed by atoms with Gasteiger partial charge < -0.3 is 8.98 Å². The van der Waals surface area contributed by atoms with Crippen LogP contribution in [-0.2, 0) is 6.42 Å². The molecule has 0 aliphatic heterocycles. The highest BCUT2D eigenvalue weighted by Crippen LogP contribution is 2.42. The number of furan rings is 1. The molecule has 2 aromatic heterocycles. The first-order chi connectivity index (χ1) is 28.4. The van der Waals surface area contributed by atoms with Gasteiger partial charge in [-0.3, -0.25) is 0 Å². The van der Waals surface area contributed by atoms with Gasteiger partial charge in [0.2, 0.25) is 0 Å². The Labute approximate surface area is 343 Å². The van der Waals surface area contributed by atoms with Crippen molar-refractivity contribution in [2.75, 3.05) is 0 Å². The van der Waals surface area contributed by atoms with Crippen molar-refractivity contribution in [2.24, 2.45) is 23.7 Å². The van der Waals surface area contributed by atoms with Crippen molar-refractivity contribution in [3.05, 3.63) is 198 Å². The highest BCUT2D eigenvalue weighted by molar-refractivity contribution is 6.17. The van der Waals surface area contributed by atoms with Gasteiger partial charge >= 0.3 is 0 Å². The second-order valence-electron chi connectivity index (χ2n) is 16.7. The second-order valence-corrected chi connectivity index (χ2v) is 16.7. The van der Waals surface area contributed by atoms with E-state index in [4.69, 9.17) is 4.42 Å². The van der Waals surface area contributed by atoms with Gasteiger partial charge in [0, 0.05) is 27.2 Å². The fourth-order valence-corrected chi connectivity index (χ4v) is 9.44. The molecular formula is C56H53NO. The molecule has 58 heavy (non-hydrogen) atoms. The number of hydrogen-bond acceptors (Lipinski definition) is 1. The van der Waals surface area contributed by atoms with Gasteiger partial charge in [-0.25, -0.2) is 0 Å². The number of hydrogen-bond donors (Lipinski definition) is 0. The molecule has 4 unspecified atom stereocenters. The van der Waals surface area contributed by atoms with Crippen LogP contribution in [0.5, 0.6) is 0 Å². The molecule has 1 aliphatic carbocycles. The van der Waals surface area contributed by atoms with Crippen molar-refractivity contribution in [1.29, 1.82) is 0 Å². The van der Waals surface area contributed by atoms with Crippen LogP contribution < -0.4 is 0 Å². The molecule has 4 atom stereocenters. The molecule has 0 bridgehead atoms. The molecule has 0 saturated heterocycles. The first-order valence-corrected chi connectivity index (χ1v) is 21.2. The summed E-state index contributed by atoms with van der Waals surface area (Å²) in [6, 6.07) is 51.1. The van der Waals surface area contributed by atoms with Gasteiger partial charge in [0.05, 0.1) is 11.0 Å². The molecule has 8 aromatic rings. The third kappa shape index (κ3) is 7.17. The summed E-state index contributed by atoms with van der Waals surface area (Å²) in [4.78, 5) is 0. The van der Waals surface area contributed by atoms with E-state index < -0.39 is 0 Å². The van der Waals surface area contributed by atoms with E-state index in [9.17, 15) is 0 Å². The molecule has 1 aliphatic rings. The Kier molecular flexibility index (Phi) is 10.3. The van der Waals surface area contributed by atoms with Crippen molar-refractivity contribution < 1.29 is 4.42 Å². The molecule has 2 heterocycles. The van der Waals surface area contributed by atoms with Gasteiger partial charge in [0.1, 0.15) is 11.2 Å². The molecular weight excluding hydrogens is 703 g/mol. The van der Waals surface area contributed by atoms with E-state index in [1.54, 1.807) is 0 Å². The summed E-state index contributed by atoms with van der Waals surface area (Å²) in [5, 5.41) is 4.74. The summed E-state index contributed by atoms with van der Waals surface area (Å²) in [7, 11) is 0. The minimum absolute atomic E-state index is 0.329. The number of rotatable bonds is 11. The minimum Gasteiger partial charge on any atom is -0.456 e. The van der Waals surface area contributed by atoms with Crippen LogP contribution in [0.4, 0.5) is 0 Å². The maximum atomic E-state index is 6.34. The summed E-state index contributed by atoms with van der Waals surface area (Å²) in [6.45, 7) is 11.6. The summed E-state index contributed by atoms with van der Waals surface area (Å²) in [5.41, 5.74) is 13.4. The van der Waals surface area contributed by atoms with Crippen molar-refractivity contribution in [3.8, 4) is 16.8 Å². The highest BCUT2D eigenvalue weighted by atomic mass is 16.3. The Balaban J connectivity index is 1.08. The minimum atomic E-state index is 0.329. The van der Waals surface area contributed by atoms with Crippen molar-refractivity contribution in [3.63, 3.8) is 0 Å². The van der Waals surface area contributed by atoms with Crippen molar-refractivity contribution in [1.82, 2.24) is 4.57 Å². The molecule has 2 nitrogen and oxygen atoms in total. The van der Waals surface area contributed by atoms with E-state index >= 15 is 0 Å². The maximum Gasteiger partial charge on any atom is 0.136 e. The van der Waals surface area contributed by atoms with Gasteiger partial charge in [-0.1, -0.05) is 174 Å².